The Morgan fingerprint density at radius 2 is 2.42 bits per heavy atom. The van der Waals surface area contributed by atoms with Gasteiger partial charge in [-0.3, -0.25) is 14.9 Å². The summed E-state index contributed by atoms with van der Waals surface area (Å²) in [6.07, 6.45) is 4.40. The van der Waals surface area contributed by atoms with Gasteiger partial charge in [0.05, 0.1) is 10.5 Å². The second-order valence-corrected chi connectivity index (χ2v) is 4.75. The van der Waals surface area contributed by atoms with Gasteiger partial charge < -0.3 is 11.1 Å². The molecule has 1 saturated carbocycles. The van der Waals surface area contributed by atoms with Crippen LogP contribution in [0.15, 0.2) is 12.3 Å². The van der Waals surface area contributed by atoms with Gasteiger partial charge in [-0.25, -0.2) is 4.98 Å². The lowest BCUT2D eigenvalue weighted by molar-refractivity contribution is -0.385. The first-order chi connectivity index (χ1) is 9.02. The molecule has 1 amide bonds. The number of carbonyl (C=O) groups excluding carboxylic acids is 1. The summed E-state index contributed by atoms with van der Waals surface area (Å²) in [7, 11) is 0. The van der Waals surface area contributed by atoms with Gasteiger partial charge in [0, 0.05) is 12.1 Å². The van der Waals surface area contributed by atoms with Crippen LogP contribution in [-0.2, 0) is 0 Å². The first-order valence-corrected chi connectivity index (χ1v) is 6.23. The van der Waals surface area contributed by atoms with E-state index in [0.29, 0.717) is 11.7 Å². The van der Waals surface area contributed by atoms with Gasteiger partial charge in [-0.05, 0) is 18.8 Å². The van der Waals surface area contributed by atoms with Gasteiger partial charge in [0.25, 0.3) is 11.6 Å². The summed E-state index contributed by atoms with van der Waals surface area (Å²) in [5.74, 6) is 0.204. The number of amides is 1. The van der Waals surface area contributed by atoms with Crippen LogP contribution in [0.5, 0.6) is 0 Å². The van der Waals surface area contributed by atoms with E-state index >= 15 is 0 Å². The van der Waals surface area contributed by atoms with E-state index in [0.717, 1.165) is 31.5 Å². The highest BCUT2D eigenvalue weighted by molar-refractivity contribution is 5.98. The Morgan fingerprint density at radius 3 is 3.00 bits per heavy atom. The minimum Gasteiger partial charge on any atom is -0.366 e. The largest absolute Gasteiger partial charge is 0.366 e. The van der Waals surface area contributed by atoms with Gasteiger partial charge in [-0.1, -0.05) is 13.3 Å². The van der Waals surface area contributed by atoms with E-state index in [2.05, 4.69) is 17.2 Å². The fourth-order valence-electron chi connectivity index (χ4n) is 2.15. The standard InChI is InChI=1S/C12H16N4O3/c1-2-3-7-4-10(7)15-12-9(11(13)17)5-8(6-14-12)16(18)19/h5-7,10H,2-4H2,1H3,(H2,13,17)(H,14,15). The fraction of sp³-hybridized carbons (Fsp3) is 0.500. The van der Waals surface area contributed by atoms with Crippen LogP contribution in [0.1, 0.15) is 36.5 Å². The first-order valence-electron chi connectivity index (χ1n) is 6.23. The number of carbonyl (C=O) groups is 1. The summed E-state index contributed by atoms with van der Waals surface area (Å²) in [5.41, 5.74) is 5.06. The van der Waals surface area contributed by atoms with Gasteiger partial charge in [-0.15, -0.1) is 0 Å². The Hall–Kier alpha value is -2.18. The molecular weight excluding hydrogens is 248 g/mol. The number of rotatable bonds is 6. The number of nitro groups is 1. The first kappa shape index (κ1) is 13.3. The molecule has 2 atom stereocenters. The lowest BCUT2D eigenvalue weighted by Crippen LogP contribution is -2.17. The van der Waals surface area contributed by atoms with Crippen molar-refractivity contribution in [3.8, 4) is 0 Å². The second kappa shape index (κ2) is 5.21. The van der Waals surface area contributed by atoms with Crippen LogP contribution >= 0.6 is 0 Å². The van der Waals surface area contributed by atoms with Crippen LogP contribution in [0.25, 0.3) is 0 Å². The third-order valence-electron chi connectivity index (χ3n) is 3.25. The summed E-state index contributed by atoms with van der Waals surface area (Å²) >= 11 is 0. The van der Waals surface area contributed by atoms with Crippen LogP contribution < -0.4 is 11.1 Å². The Balaban J connectivity index is 2.16. The Kier molecular flexibility index (Phi) is 3.64. The highest BCUT2D eigenvalue weighted by Crippen LogP contribution is 2.37. The maximum Gasteiger partial charge on any atom is 0.288 e. The zero-order valence-electron chi connectivity index (χ0n) is 10.6. The van der Waals surface area contributed by atoms with Crippen molar-refractivity contribution in [3.05, 3.63) is 27.9 Å². The van der Waals surface area contributed by atoms with Crippen LogP contribution in [0.3, 0.4) is 0 Å². The lowest BCUT2D eigenvalue weighted by Gasteiger charge is -2.08. The van der Waals surface area contributed by atoms with E-state index in [-0.39, 0.29) is 17.3 Å². The third kappa shape index (κ3) is 2.98. The molecule has 102 valence electrons. The number of hydrogen-bond acceptors (Lipinski definition) is 5. The molecule has 1 aromatic heterocycles. The molecule has 0 saturated heterocycles. The van der Waals surface area contributed by atoms with Crippen molar-refractivity contribution in [2.45, 2.75) is 32.2 Å². The number of pyridine rings is 1. The topological polar surface area (TPSA) is 111 Å². The lowest BCUT2D eigenvalue weighted by atomic mass is 10.2. The van der Waals surface area contributed by atoms with Crippen molar-refractivity contribution in [1.29, 1.82) is 0 Å². The molecule has 0 spiro atoms. The molecule has 7 heteroatoms. The van der Waals surface area contributed by atoms with E-state index in [4.69, 9.17) is 5.73 Å². The average Bonchev–Trinajstić information content (AvgIpc) is 3.07. The Labute approximate surface area is 110 Å². The molecule has 1 aliphatic rings. The quantitative estimate of drug-likeness (QED) is 0.599. The summed E-state index contributed by atoms with van der Waals surface area (Å²) in [6.45, 7) is 2.12. The number of nitrogens with one attached hydrogen (secondary N) is 1. The number of anilines is 1. The maximum absolute atomic E-state index is 11.3. The van der Waals surface area contributed by atoms with Crippen molar-refractivity contribution >= 4 is 17.4 Å². The number of nitrogens with two attached hydrogens (primary N) is 1. The maximum atomic E-state index is 11.3. The van der Waals surface area contributed by atoms with Gasteiger partial charge in [0.1, 0.15) is 12.0 Å². The zero-order valence-corrected chi connectivity index (χ0v) is 10.6. The predicted octanol–water partition coefficient (Wildman–Crippen LogP) is 1.69. The molecule has 2 unspecified atom stereocenters. The minimum absolute atomic E-state index is 0.0661. The highest BCUT2D eigenvalue weighted by atomic mass is 16.6. The van der Waals surface area contributed by atoms with Gasteiger partial charge in [0.15, 0.2) is 0 Å². The van der Waals surface area contributed by atoms with Crippen LogP contribution in [0.2, 0.25) is 0 Å². The average molecular weight is 264 g/mol. The van der Waals surface area contributed by atoms with Crippen molar-refractivity contribution < 1.29 is 9.72 Å². The smallest absolute Gasteiger partial charge is 0.288 e. The second-order valence-electron chi connectivity index (χ2n) is 4.75. The zero-order chi connectivity index (χ0) is 14.0. The summed E-state index contributed by atoms with van der Waals surface area (Å²) in [4.78, 5) is 25.3. The van der Waals surface area contributed by atoms with Crippen molar-refractivity contribution in [3.63, 3.8) is 0 Å². The molecule has 3 N–H and O–H groups in total. The van der Waals surface area contributed by atoms with Gasteiger partial charge in [0.2, 0.25) is 0 Å². The van der Waals surface area contributed by atoms with E-state index in [9.17, 15) is 14.9 Å². The molecule has 1 heterocycles. The molecule has 2 rings (SSSR count). The third-order valence-corrected chi connectivity index (χ3v) is 3.25. The SMILES string of the molecule is CCCC1CC1Nc1ncc([N+](=O)[O-])cc1C(N)=O. The molecular formula is C12H16N4O3. The van der Waals surface area contributed by atoms with E-state index in [1.807, 2.05) is 0 Å². The summed E-state index contributed by atoms with van der Waals surface area (Å²) in [5, 5.41) is 13.8. The Bertz CT molecular complexity index is 518. The molecule has 1 aromatic rings. The molecule has 0 aromatic carbocycles. The molecule has 0 radical (unpaired) electrons. The van der Waals surface area contributed by atoms with Crippen molar-refractivity contribution in [2.24, 2.45) is 11.7 Å². The molecule has 1 aliphatic carbocycles. The predicted molar refractivity (Wildman–Crippen MR) is 69.8 cm³/mol. The molecule has 7 nitrogen and oxygen atoms in total. The number of hydrogen-bond donors (Lipinski definition) is 2. The van der Waals surface area contributed by atoms with Gasteiger partial charge >= 0.3 is 0 Å². The normalized spacial score (nSPS) is 20.9. The van der Waals surface area contributed by atoms with Crippen molar-refractivity contribution in [2.75, 3.05) is 5.32 Å². The van der Waals surface area contributed by atoms with E-state index in [1.54, 1.807) is 0 Å². The van der Waals surface area contributed by atoms with Crippen LogP contribution in [0, 0.1) is 16.0 Å². The van der Waals surface area contributed by atoms with Gasteiger partial charge in [-0.2, -0.15) is 0 Å². The van der Waals surface area contributed by atoms with Crippen LogP contribution in [0.4, 0.5) is 11.5 Å². The molecule has 0 aliphatic heterocycles. The number of aromatic nitrogens is 1. The fourth-order valence-corrected chi connectivity index (χ4v) is 2.15. The Morgan fingerprint density at radius 1 is 1.68 bits per heavy atom. The van der Waals surface area contributed by atoms with E-state index in [1.165, 1.54) is 0 Å². The molecule has 19 heavy (non-hydrogen) atoms. The number of nitrogens with zero attached hydrogens (tertiary/aromatic N) is 2. The molecule has 1 fully saturated rings. The van der Waals surface area contributed by atoms with Crippen LogP contribution in [-0.4, -0.2) is 21.9 Å². The molecule has 0 bridgehead atoms. The van der Waals surface area contributed by atoms with Crippen molar-refractivity contribution in [1.82, 2.24) is 4.98 Å². The summed E-state index contributed by atoms with van der Waals surface area (Å²) < 4.78 is 0. The summed E-state index contributed by atoms with van der Waals surface area (Å²) in [6, 6.07) is 1.45. The highest BCUT2D eigenvalue weighted by Gasteiger charge is 2.37. The minimum atomic E-state index is -0.716. The van der Waals surface area contributed by atoms with E-state index < -0.39 is 10.8 Å². The monoisotopic (exact) mass is 264 g/mol. The number of primary amides is 1.